The highest BCUT2D eigenvalue weighted by Crippen LogP contribution is 2.38. The van der Waals surface area contributed by atoms with E-state index in [2.05, 4.69) is 50.4 Å². The molecule has 3 heterocycles. The van der Waals surface area contributed by atoms with Crippen molar-refractivity contribution in [2.24, 2.45) is 0 Å². The third-order valence-corrected chi connectivity index (χ3v) is 8.42. The maximum Gasteiger partial charge on any atom is 0.253 e. The molecule has 8 heteroatoms. The lowest BCUT2D eigenvalue weighted by atomic mass is 9.99. The second-order valence-corrected chi connectivity index (χ2v) is 11.6. The Morgan fingerprint density at radius 2 is 1.50 bits per heavy atom. The standard InChI is InChI=1S/C36H40N4O4/c41-26-29-10-12-30(13-11-29)34-21-33(25-40-19-17-39(18-20-40)24-28-5-2-1-3-6-28)43-36(44-34)31-14-8-27(9-15-31)22-38-35(42)32-7-4-16-37-23-32/h1-16,23,33-34,36,41H,17-22,24-26H2,(H,38,42)/t33-,34+,36+/m0/s1. The largest absolute Gasteiger partial charge is 0.392 e. The molecule has 0 unspecified atom stereocenters. The molecule has 228 valence electrons. The Labute approximate surface area is 259 Å². The summed E-state index contributed by atoms with van der Waals surface area (Å²) < 4.78 is 13.1. The van der Waals surface area contributed by atoms with E-state index in [0.29, 0.717) is 12.1 Å². The first-order valence-corrected chi connectivity index (χ1v) is 15.4. The molecule has 0 aliphatic carbocycles. The number of aliphatic hydroxyl groups excluding tert-OH is 1. The van der Waals surface area contributed by atoms with E-state index in [1.165, 1.54) is 5.56 Å². The first-order chi connectivity index (χ1) is 21.6. The second-order valence-electron chi connectivity index (χ2n) is 11.6. The Morgan fingerprint density at radius 3 is 2.20 bits per heavy atom. The molecule has 0 bridgehead atoms. The molecule has 0 saturated carbocycles. The van der Waals surface area contributed by atoms with Crippen LogP contribution >= 0.6 is 0 Å². The van der Waals surface area contributed by atoms with E-state index in [4.69, 9.17) is 9.47 Å². The molecule has 8 nitrogen and oxygen atoms in total. The molecule has 4 aromatic rings. The third kappa shape index (κ3) is 7.96. The Hall–Kier alpha value is -3.92. The minimum atomic E-state index is -0.505. The number of benzene rings is 3. The lowest BCUT2D eigenvalue weighted by Crippen LogP contribution is -2.49. The van der Waals surface area contributed by atoms with Gasteiger partial charge < -0.3 is 19.9 Å². The van der Waals surface area contributed by atoms with Crippen molar-refractivity contribution in [1.29, 1.82) is 0 Å². The number of nitrogens with one attached hydrogen (secondary N) is 1. The SMILES string of the molecule is O=C(NCc1ccc([C@@H]2O[C@H](CN3CCN(Cc4ccccc4)CC3)C[C@H](c3ccc(CO)cc3)O2)cc1)c1cccnc1. The van der Waals surface area contributed by atoms with E-state index in [9.17, 15) is 9.90 Å². The van der Waals surface area contributed by atoms with Gasteiger partial charge in [-0.2, -0.15) is 0 Å². The van der Waals surface area contributed by atoms with Gasteiger partial charge in [0.1, 0.15) is 0 Å². The van der Waals surface area contributed by atoms with Crippen molar-refractivity contribution in [3.05, 3.63) is 137 Å². The van der Waals surface area contributed by atoms with Gasteiger partial charge in [-0.05, 0) is 34.4 Å². The molecular formula is C36H40N4O4. The summed E-state index contributed by atoms with van der Waals surface area (Å²) in [7, 11) is 0. The minimum Gasteiger partial charge on any atom is -0.392 e. The number of nitrogens with zero attached hydrogens (tertiary/aromatic N) is 3. The molecule has 3 atom stereocenters. The van der Waals surface area contributed by atoms with E-state index in [0.717, 1.165) is 67.9 Å². The zero-order valence-corrected chi connectivity index (χ0v) is 24.9. The number of rotatable bonds is 10. The predicted octanol–water partition coefficient (Wildman–Crippen LogP) is 4.87. The topological polar surface area (TPSA) is 87.2 Å². The van der Waals surface area contributed by atoms with Gasteiger partial charge in [0.25, 0.3) is 5.91 Å². The second kappa shape index (κ2) is 14.7. The molecule has 2 saturated heterocycles. The normalized spacial score (nSPS) is 21.2. The van der Waals surface area contributed by atoms with Crippen LogP contribution in [-0.4, -0.2) is 64.6 Å². The molecule has 6 rings (SSSR count). The van der Waals surface area contributed by atoms with Gasteiger partial charge in [-0.25, -0.2) is 0 Å². The van der Waals surface area contributed by atoms with Gasteiger partial charge in [0.2, 0.25) is 0 Å². The summed E-state index contributed by atoms with van der Waals surface area (Å²) in [6, 6.07) is 30.2. The molecule has 1 amide bonds. The molecule has 0 radical (unpaired) electrons. The maximum absolute atomic E-state index is 12.4. The van der Waals surface area contributed by atoms with Crippen molar-refractivity contribution in [3.8, 4) is 0 Å². The molecule has 2 aliphatic rings. The van der Waals surface area contributed by atoms with Crippen molar-refractivity contribution in [3.63, 3.8) is 0 Å². The monoisotopic (exact) mass is 592 g/mol. The number of amides is 1. The van der Waals surface area contributed by atoms with Crippen LogP contribution in [-0.2, 0) is 29.2 Å². The molecule has 2 aliphatic heterocycles. The number of carbonyl (C=O) groups is 1. The van der Waals surface area contributed by atoms with Crippen LogP contribution < -0.4 is 5.32 Å². The molecule has 3 aromatic carbocycles. The predicted molar refractivity (Wildman–Crippen MR) is 168 cm³/mol. The number of aromatic nitrogens is 1. The van der Waals surface area contributed by atoms with Crippen LogP contribution in [0.25, 0.3) is 0 Å². The van der Waals surface area contributed by atoms with Crippen LogP contribution in [0.3, 0.4) is 0 Å². The highest BCUT2D eigenvalue weighted by atomic mass is 16.7. The average molecular weight is 593 g/mol. The van der Waals surface area contributed by atoms with Gasteiger partial charge in [0.15, 0.2) is 6.29 Å². The van der Waals surface area contributed by atoms with Crippen LogP contribution in [0.4, 0.5) is 0 Å². The van der Waals surface area contributed by atoms with Crippen molar-refractivity contribution in [2.45, 2.75) is 44.6 Å². The first-order valence-electron chi connectivity index (χ1n) is 15.4. The van der Waals surface area contributed by atoms with E-state index < -0.39 is 6.29 Å². The fourth-order valence-electron chi connectivity index (χ4n) is 5.87. The van der Waals surface area contributed by atoms with Crippen molar-refractivity contribution < 1.29 is 19.4 Å². The average Bonchev–Trinajstić information content (AvgIpc) is 3.09. The first kappa shape index (κ1) is 30.1. The molecule has 2 N–H and O–H groups in total. The van der Waals surface area contributed by atoms with Gasteiger partial charge in [0, 0.05) is 70.2 Å². The van der Waals surface area contributed by atoms with Gasteiger partial charge in [-0.3, -0.25) is 19.6 Å². The fourth-order valence-corrected chi connectivity index (χ4v) is 5.87. The molecular weight excluding hydrogens is 552 g/mol. The Balaban J connectivity index is 1.09. The van der Waals surface area contributed by atoms with Crippen LogP contribution in [0.2, 0.25) is 0 Å². The van der Waals surface area contributed by atoms with Crippen molar-refractivity contribution in [1.82, 2.24) is 20.1 Å². The van der Waals surface area contributed by atoms with Crippen LogP contribution in [0.15, 0.2) is 103 Å². The van der Waals surface area contributed by atoms with E-state index in [-0.39, 0.29) is 24.7 Å². The molecule has 44 heavy (non-hydrogen) atoms. The highest BCUT2D eigenvalue weighted by molar-refractivity contribution is 5.93. The molecule has 1 aromatic heterocycles. The summed E-state index contributed by atoms with van der Waals surface area (Å²) in [4.78, 5) is 21.5. The number of hydrogen-bond acceptors (Lipinski definition) is 7. The number of pyridine rings is 1. The van der Waals surface area contributed by atoms with E-state index >= 15 is 0 Å². The lowest BCUT2D eigenvalue weighted by Gasteiger charge is -2.40. The van der Waals surface area contributed by atoms with Crippen LogP contribution in [0, 0.1) is 0 Å². The third-order valence-electron chi connectivity index (χ3n) is 8.42. The maximum atomic E-state index is 12.4. The number of aliphatic hydroxyl groups is 1. The summed E-state index contributed by atoms with van der Waals surface area (Å²) >= 11 is 0. The number of hydrogen-bond donors (Lipinski definition) is 2. The van der Waals surface area contributed by atoms with Gasteiger partial charge in [-0.1, -0.05) is 78.9 Å². The molecule has 0 spiro atoms. The van der Waals surface area contributed by atoms with Gasteiger partial charge in [-0.15, -0.1) is 0 Å². The fraction of sp³-hybridized carbons (Fsp3) is 0.333. The number of piperazine rings is 1. The summed E-state index contributed by atoms with van der Waals surface area (Å²) in [6.07, 6.45) is 3.36. The molecule has 2 fully saturated rings. The van der Waals surface area contributed by atoms with Crippen molar-refractivity contribution in [2.75, 3.05) is 32.7 Å². The Bertz CT molecular complexity index is 1460. The summed E-state index contributed by atoms with van der Waals surface area (Å²) in [5.41, 5.74) is 5.80. The highest BCUT2D eigenvalue weighted by Gasteiger charge is 2.33. The summed E-state index contributed by atoms with van der Waals surface area (Å²) in [5, 5.41) is 12.5. The lowest BCUT2D eigenvalue weighted by molar-refractivity contribution is -0.253. The van der Waals surface area contributed by atoms with E-state index in [1.54, 1.807) is 24.5 Å². The van der Waals surface area contributed by atoms with Crippen LogP contribution in [0.5, 0.6) is 0 Å². The summed E-state index contributed by atoms with van der Waals surface area (Å²) in [5.74, 6) is -0.153. The van der Waals surface area contributed by atoms with E-state index in [1.807, 2.05) is 48.5 Å². The zero-order chi connectivity index (χ0) is 30.1. The summed E-state index contributed by atoms with van der Waals surface area (Å²) in [6.45, 7) is 6.35. The Morgan fingerprint density at radius 1 is 0.795 bits per heavy atom. The smallest absolute Gasteiger partial charge is 0.253 e. The van der Waals surface area contributed by atoms with Gasteiger partial charge in [0.05, 0.1) is 24.4 Å². The number of carbonyl (C=O) groups excluding carboxylic acids is 1. The van der Waals surface area contributed by atoms with Crippen molar-refractivity contribution >= 4 is 5.91 Å². The van der Waals surface area contributed by atoms with Gasteiger partial charge >= 0.3 is 0 Å². The number of ether oxygens (including phenoxy) is 2. The quantitative estimate of drug-likeness (QED) is 0.272. The Kier molecular flexibility index (Phi) is 10.1. The minimum absolute atomic E-state index is 0.00962. The van der Waals surface area contributed by atoms with Crippen LogP contribution in [0.1, 0.15) is 57.0 Å². The zero-order valence-electron chi connectivity index (χ0n) is 24.9.